The lowest BCUT2D eigenvalue weighted by atomic mass is 10.2. The Morgan fingerprint density at radius 1 is 1.25 bits per heavy atom. The first-order valence-corrected chi connectivity index (χ1v) is 6.95. The van der Waals surface area contributed by atoms with E-state index in [1.807, 2.05) is 6.92 Å². The molecule has 0 aliphatic carbocycles. The van der Waals surface area contributed by atoms with Gasteiger partial charge in [-0.2, -0.15) is 0 Å². The van der Waals surface area contributed by atoms with E-state index in [4.69, 9.17) is 11.6 Å². The van der Waals surface area contributed by atoms with Crippen LogP contribution in [0.2, 0.25) is 5.02 Å². The van der Waals surface area contributed by atoms with Gasteiger partial charge < -0.3 is 10.6 Å². The van der Waals surface area contributed by atoms with Gasteiger partial charge in [0.2, 0.25) is 0 Å². The van der Waals surface area contributed by atoms with E-state index in [2.05, 4.69) is 41.5 Å². The highest BCUT2D eigenvalue weighted by atomic mass is 79.9. The monoisotopic (exact) mass is 355 g/mol. The maximum Gasteiger partial charge on any atom is 0.258 e. The van der Waals surface area contributed by atoms with Crippen LogP contribution in [-0.2, 0) is 0 Å². The number of pyridine rings is 1. The molecule has 0 unspecified atom stereocenters. The third-order valence-electron chi connectivity index (χ3n) is 2.32. The van der Waals surface area contributed by atoms with Crippen molar-refractivity contribution < 1.29 is 4.79 Å². The van der Waals surface area contributed by atoms with Gasteiger partial charge in [-0.15, -0.1) is 0 Å². The topological polar surface area (TPSA) is 79.8 Å². The molecule has 0 radical (unpaired) electrons. The summed E-state index contributed by atoms with van der Waals surface area (Å²) in [4.78, 5) is 24.2. The Kier molecular flexibility index (Phi) is 4.86. The number of carbonyl (C=O) groups excluding carboxylic acids is 1. The van der Waals surface area contributed by atoms with Gasteiger partial charge in [0.1, 0.15) is 10.4 Å². The van der Waals surface area contributed by atoms with Crippen molar-refractivity contribution in [2.24, 2.45) is 0 Å². The Hall–Kier alpha value is -1.73. The quantitative estimate of drug-likeness (QED) is 0.880. The van der Waals surface area contributed by atoms with E-state index in [9.17, 15) is 4.79 Å². The highest BCUT2D eigenvalue weighted by Crippen LogP contribution is 2.19. The zero-order chi connectivity index (χ0) is 14.5. The maximum absolute atomic E-state index is 12.1. The normalized spacial score (nSPS) is 10.2. The molecule has 2 N–H and O–H groups in total. The molecule has 20 heavy (non-hydrogen) atoms. The number of rotatable bonds is 4. The lowest BCUT2D eigenvalue weighted by molar-refractivity contribution is 0.102. The van der Waals surface area contributed by atoms with Gasteiger partial charge in [-0.3, -0.25) is 4.79 Å². The number of hydrogen-bond acceptors (Lipinski definition) is 5. The molecule has 0 aliphatic heterocycles. The standard InChI is InChI=1S/C12H11BrClN5O/c1-2-15-10-3-7(8(14)4-17-10)12(20)19-11-6-16-9(13)5-18-11/h3-6H,2H2,1H3,(H,15,17)(H,18,19,20). The van der Waals surface area contributed by atoms with Gasteiger partial charge in [-0.1, -0.05) is 11.6 Å². The first-order chi connectivity index (χ1) is 9.60. The van der Waals surface area contributed by atoms with E-state index >= 15 is 0 Å². The van der Waals surface area contributed by atoms with Gasteiger partial charge >= 0.3 is 0 Å². The molecule has 0 bridgehead atoms. The maximum atomic E-state index is 12.1. The first kappa shape index (κ1) is 14.7. The van der Waals surface area contributed by atoms with Crippen LogP contribution in [0.3, 0.4) is 0 Å². The SMILES string of the molecule is CCNc1cc(C(=O)Nc2cnc(Br)cn2)c(Cl)cn1. The largest absolute Gasteiger partial charge is 0.370 e. The van der Waals surface area contributed by atoms with Crippen molar-refractivity contribution >= 4 is 45.1 Å². The summed E-state index contributed by atoms with van der Waals surface area (Å²) < 4.78 is 0.590. The number of aromatic nitrogens is 3. The van der Waals surface area contributed by atoms with Crippen molar-refractivity contribution in [3.8, 4) is 0 Å². The lowest BCUT2D eigenvalue weighted by Gasteiger charge is -2.08. The molecule has 0 spiro atoms. The average molecular weight is 357 g/mol. The molecule has 0 aliphatic rings. The molecule has 0 fully saturated rings. The minimum atomic E-state index is -0.367. The van der Waals surface area contributed by atoms with Crippen LogP contribution in [0.4, 0.5) is 11.6 Å². The van der Waals surface area contributed by atoms with Gasteiger partial charge in [-0.25, -0.2) is 15.0 Å². The average Bonchev–Trinajstić information content (AvgIpc) is 2.43. The summed E-state index contributed by atoms with van der Waals surface area (Å²) in [6.07, 6.45) is 4.37. The molecular weight excluding hydrogens is 346 g/mol. The second kappa shape index (κ2) is 6.62. The van der Waals surface area contributed by atoms with Gasteiger partial charge in [0.25, 0.3) is 5.91 Å². The number of nitrogens with one attached hydrogen (secondary N) is 2. The van der Waals surface area contributed by atoms with E-state index < -0.39 is 0 Å². The Balaban J connectivity index is 2.19. The van der Waals surface area contributed by atoms with Crippen LogP contribution < -0.4 is 10.6 Å². The highest BCUT2D eigenvalue weighted by Gasteiger charge is 2.13. The number of hydrogen-bond donors (Lipinski definition) is 2. The summed E-state index contributed by atoms with van der Waals surface area (Å²) in [6, 6.07) is 1.59. The van der Waals surface area contributed by atoms with Crippen LogP contribution in [0.5, 0.6) is 0 Å². The van der Waals surface area contributed by atoms with Gasteiger partial charge in [0, 0.05) is 12.7 Å². The highest BCUT2D eigenvalue weighted by molar-refractivity contribution is 9.10. The van der Waals surface area contributed by atoms with Crippen LogP contribution >= 0.6 is 27.5 Å². The number of nitrogens with zero attached hydrogens (tertiary/aromatic N) is 3. The van der Waals surface area contributed by atoms with E-state index in [1.54, 1.807) is 6.07 Å². The molecule has 2 aromatic heterocycles. The molecule has 8 heteroatoms. The van der Waals surface area contributed by atoms with Gasteiger partial charge in [-0.05, 0) is 28.9 Å². The fourth-order valence-corrected chi connectivity index (χ4v) is 1.84. The zero-order valence-electron chi connectivity index (χ0n) is 10.5. The Bertz CT molecular complexity index is 620. The van der Waals surface area contributed by atoms with Gasteiger partial charge in [0.05, 0.1) is 23.0 Å². The minimum Gasteiger partial charge on any atom is -0.370 e. The predicted octanol–water partition coefficient (Wildman–Crippen LogP) is 2.97. The van der Waals surface area contributed by atoms with E-state index in [0.717, 1.165) is 0 Å². The van der Waals surface area contributed by atoms with E-state index in [-0.39, 0.29) is 10.9 Å². The third kappa shape index (κ3) is 3.64. The van der Waals surface area contributed by atoms with Crippen molar-refractivity contribution in [2.75, 3.05) is 17.2 Å². The van der Waals surface area contributed by atoms with Crippen LogP contribution in [0.25, 0.3) is 0 Å². The summed E-state index contributed by atoms with van der Waals surface area (Å²) in [6.45, 7) is 2.64. The molecule has 2 rings (SSSR count). The van der Waals surface area contributed by atoms with Gasteiger partial charge in [0.15, 0.2) is 5.82 Å². The Morgan fingerprint density at radius 3 is 2.65 bits per heavy atom. The lowest BCUT2D eigenvalue weighted by Crippen LogP contribution is -2.14. The van der Waals surface area contributed by atoms with Crippen LogP contribution in [-0.4, -0.2) is 27.4 Å². The third-order valence-corrected chi connectivity index (χ3v) is 3.03. The molecular formula is C12H11BrClN5O. The molecule has 0 atom stereocenters. The summed E-state index contributed by atoms with van der Waals surface area (Å²) in [7, 11) is 0. The second-order valence-corrected chi connectivity index (χ2v) is 4.98. The molecule has 2 aromatic rings. The number of carbonyl (C=O) groups is 1. The molecule has 6 nitrogen and oxygen atoms in total. The Morgan fingerprint density at radius 2 is 2.00 bits per heavy atom. The van der Waals surface area contributed by atoms with Crippen LogP contribution in [0.1, 0.15) is 17.3 Å². The molecule has 1 amide bonds. The smallest absolute Gasteiger partial charge is 0.258 e. The van der Waals surface area contributed by atoms with Crippen molar-refractivity contribution in [3.05, 3.63) is 39.8 Å². The molecule has 104 valence electrons. The predicted molar refractivity (Wildman–Crippen MR) is 81.1 cm³/mol. The van der Waals surface area contributed by atoms with Crippen molar-refractivity contribution in [3.63, 3.8) is 0 Å². The fraction of sp³-hybridized carbons (Fsp3) is 0.167. The summed E-state index contributed by atoms with van der Waals surface area (Å²) in [5, 5.41) is 5.91. The number of amides is 1. The summed E-state index contributed by atoms with van der Waals surface area (Å²) in [5.74, 6) is 0.563. The van der Waals surface area contributed by atoms with Crippen molar-refractivity contribution in [1.82, 2.24) is 15.0 Å². The Labute approximate surface area is 129 Å². The molecule has 0 saturated heterocycles. The van der Waals surface area contributed by atoms with E-state index in [0.29, 0.717) is 28.3 Å². The van der Waals surface area contributed by atoms with Crippen LogP contribution in [0, 0.1) is 0 Å². The zero-order valence-corrected chi connectivity index (χ0v) is 12.9. The van der Waals surface area contributed by atoms with E-state index in [1.165, 1.54) is 18.6 Å². The number of anilines is 2. The molecule has 0 aromatic carbocycles. The number of halogens is 2. The van der Waals surface area contributed by atoms with Crippen molar-refractivity contribution in [1.29, 1.82) is 0 Å². The fourth-order valence-electron chi connectivity index (χ4n) is 1.45. The molecule has 2 heterocycles. The first-order valence-electron chi connectivity index (χ1n) is 5.78. The second-order valence-electron chi connectivity index (χ2n) is 3.76. The van der Waals surface area contributed by atoms with Crippen molar-refractivity contribution in [2.45, 2.75) is 6.92 Å². The summed E-state index contributed by atoms with van der Waals surface area (Å²) in [5.41, 5.74) is 0.322. The summed E-state index contributed by atoms with van der Waals surface area (Å²) >= 11 is 9.16. The minimum absolute atomic E-state index is 0.272. The molecule has 0 saturated carbocycles. The van der Waals surface area contributed by atoms with Crippen LogP contribution in [0.15, 0.2) is 29.3 Å².